The van der Waals surface area contributed by atoms with Crippen LogP contribution in [0, 0.1) is 6.92 Å². The van der Waals surface area contributed by atoms with Crippen LogP contribution in [0.4, 0.5) is 0 Å². The molecule has 0 spiro atoms. The van der Waals surface area contributed by atoms with Crippen LogP contribution in [0.15, 0.2) is 6.20 Å². The smallest absolute Gasteiger partial charge is 0.322 e. The van der Waals surface area contributed by atoms with Gasteiger partial charge in [0.2, 0.25) is 0 Å². The first-order chi connectivity index (χ1) is 6.11. The largest absolute Gasteiger partial charge is 0.480 e. The lowest BCUT2D eigenvalue weighted by Gasteiger charge is -1.99. The zero-order valence-corrected chi connectivity index (χ0v) is 7.00. The molecule has 6 heteroatoms. The van der Waals surface area contributed by atoms with Crippen LogP contribution >= 0.6 is 0 Å². The Morgan fingerprint density at radius 1 is 1.69 bits per heavy atom. The molecule has 0 radical (unpaired) electrons. The molecule has 6 nitrogen and oxygen atoms in total. The van der Waals surface area contributed by atoms with Crippen LogP contribution in [0.3, 0.4) is 0 Å². The second-order valence-corrected chi connectivity index (χ2v) is 2.49. The Morgan fingerprint density at radius 3 is 2.85 bits per heavy atom. The summed E-state index contributed by atoms with van der Waals surface area (Å²) in [4.78, 5) is 21.3. The summed E-state index contributed by atoms with van der Waals surface area (Å²) in [6, 6.07) is 0. The van der Waals surface area contributed by atoms with Gasteiger partial charge in [-0.15, -0.1) is 0 Å². The summed E-state index contributed by atoms with van der Waals surface area (Å²) >= 11 is 0. The number of carbonyl (C=O) groups is 2. The molecule has 70 valence electrons. The highest BCUT2D eigenvalue weighted by Gasteiger charge is 2.10. The van der Waals surface area contributed by atoms with E-state index in [9.17, 15) is 9.59 Å². The average molecular weight is 183 g/mol. The maximum Gasteiger partial charge on any atom is 0.322 e. The van der Waals surface area contributed by atoms with E-state index in [1.165, 1.54) is 6.20 Å². The highest BCUT2D eigenvalue weighted by molar-refractivity contribution is 5.96. The molecule has 0 saturated heterocycles. The van der Waals surface area contributed by atoms with Gasteiger partial charge in [-0.1, -0.05) is 0 Å². The Labute approximate surface area is 74.0 Å². The van der Waals surface area contributed by atoms with Crippen LogP contribution in [-0.2, 0) is 4.79 Å². The maximum absolute atomic E-state index is 11.2. The normalized spacial score (nSPS) is 9.62. The lowest BCUT2D eigenvalue weighted by atomic mass is 10.2. The van der Waals surface area contributed by atoms with Crippen molar-refractivity contribution in [2.75, 3.05) is 6.54 Å². The Hall–Kier alpha value is -1.85. The van der Waals surface area contributed by atoms with Gasteiger partial charge in [0.25, 0.3) is 5.91 Å². The number of carboxylic acid groups (broad SMARTS) is 1. The molecule has 0 atom stereocenters. The number of aromatic amines is 1. The third-order valence-electron chi connectivity index (χ3n) is 1.47. The molecule has 3 N–H and O–H groups in total. The summed E-state index contributed by atoms with van der Waals surface area (Å²) in [6.07, 6.45) is 1.35. The summed E-state index contributed by atoms with van der Waals surface area (Å²) in [5.41, 5.74) is 0.976. The summed E-state index contributed by atoms with van der Waals surface area (Å²) < 4.78 is 0. The predicted octanol–water partition coefficient (Wildman–Crippen LogP) is -0.467. The zero-order valence-electron chi connectivity index (χ0n) is 7.00. The number of carboxylic acids is 1. The number of amides is 1. The average Bonchev–Trinajstić information content (AvgIpc) is 2.47. The van der Waals surface area contributed by atoms with E-state index in [-0.39, 0.29) is 6.54 Å². The SMILES string of the molecule is Cc1[nH]ncc1C(=O)NCC(=O)O. The van der Waals surface area contributed by atoms with Gasteiger partial charge in [-0.25, -0.2) is 0 Å². The van der Waals surface area contributed by atoms with E-state index in [1.54, 1.807) is 6.92 Å². The van der Waals surface area contributed by atoms with Crippen LogP contribution in [0.2, 0.25) is 0 Å². The van der Waals surface area contributed by atoms with Crippen LogP contribution in [0.25, 0.3) is 0 Å². The standard InChI is InChI=1S/C7H9N3O3/c1-4-5(2-9-10-4)7(13)8-3-6(11)12/h2H,3H2,1H3,(H,8,13)(H,9,10)(H,11,12). The first-order valence-electron chi connectivity index (χ1n) is 3.61. The van der Waals surface area contributed by atoms with Crippen molar-refractivity contribution in [1.29, 1.82) is 0 Å². The van der Waals surface area contributed by atoms with Gasteiger partial charge >= 0.3 is 5.97 Å². The lowest BCUT2D eigenvalue weighted by molar-refractivity contribution is -0.135. The molecular weight excluding hydrogens is 174 g/mol. The fourth-order valence-electron chi connectivity index (χ4n) is 0.831. The van der Waals surface area contributed by atoms with Gasteiger partial charge in [-0.3, -0.25) is 14.7 Å². The molecule has 1 aromatic rings. The number of nitrogens with one attached hydrogen (secondary N) is 2. The minimum absolute atomic E-state index is 0.362. The number of hydrogen-bond acceptors (Lipinski definition) is 3. The van der Waals surface area contributed by atoms with Crippen molar-refractivity contribution in [3.63, 3.8) is 0 Å². The number of aromatic nitrogens is 2. The molecule has 1 amide bonds. The number of hydrogen-bond donors (Lipinski definition) is 3. The van der Waals surface area contributed by atoms with Crippen molar-refractivity contribution in [2.45, 2.75) is 6.92 Å². The molecule has 0 aromatic carbocycles. The minimum atomic E-state index is -1.07. The zero-order chi connectivity index (χ0) is 9.84. The van der Waals surface area contributed by atoms with Crippen molar-refractivity contribution >= 4 is 11.9 Å². The molecule has 1 rings (SSSR count). The van der Waals surface area contributed by atoms with Gasteiger partial charge in [-0.2, -0.15) is 5.10 Å². The fraction of sp³-hybridized carbons (Fsp3) is 0.286. The van der Waals surface area contributed by atoms with Crippen molar-refractivity contribution in [1.82, 2.24) is 15.5 Å². The van der Waals surface area contributed by atoms with E-state index in [0.717, 1.165) is 0 Å². The molecule has 0 aliphatic heterocycles. The van der Waals surface area contributed by atoms with E-state index in [0.29, 0.717) is 11.3 Å². The number of H-pyrrole nitrogens is 1. The molecule has 0 aliphatic rings. The van der Waals surface area contributed by atoms with Gasteiger partial charge in [-0.05, 0) is 6.92 Å². The molecule has 0 bridgehead atoms. The summed E-state index contributed by atoms with van der Waals surface area (Å²) in [7, 11) is 0. The molecule has 0 saturated carbocycles. The topological polar surface area (TPSA) is 95.1 Å². The highest BCUT2D eigenvalue weighted by Crippen LogP contribution is 2.00. The number of nitrogens with zero attached hydrogens (tertiary/aromatic N) is 1. The van der Waals surface area contributed by atoms with E-state index in [2.05, 4.69) is 15.5 Å². The summed E-state index contributed by atoms with van der Waals surface area (Å²) in [5, 5.41) is 16.7. The van der Waals surface area contributed by atoms with Gasteiger partial charge < -0.3 is 10.4 Å². The number of aryl methyl sites for hydroxylation is 1. The molecule has 0 aliphatic carbocycles. The third-order valence-corrected chi connectivity index (χ3v) is 1.47. The maximum atomic E-state index is 11.2. The fourth-order valence-corrected chi connectivity index (χ4v) is 0.831. The first-order valence-corrected chi connectivity index (χ1v) is 3.61. The van der Waals surface area contributed by atoms with E-state index < -0.39 is 11.9 Å². The Morgan fingerprint density at radius 2 is 2.38 bits per heavy atom. The van der Waals surface area contributed by atoms with Gasteiger partial charge in [0, 0.05) is 5.69 Å². The predicted molar refractivity (Wildman–Crippen MR) is 43.3 cm³/mol. The second-order valence-electron chi connectivity index (χ2n) is 2.49. The Bertz CT molecular complexity index is 331. The van der Waals surface area contributed by atoms with Gasteiger partial charge in [0.15, 0.2) is 0 Å². The molecule has 0 unspecified atom stereocenters. The number of carbonyl (C=O) groups excluding carboxylic acids is 1. The Kier molecular flexibility index (Phi) is 2.63. The van der Waals surface area contributed by atoms with Crippen LogP contribution in [0.5, 0.6) is 0 Å². The van der Waals surface area contributed by atoms with E-state index in [4.69, 9.17) is 5.11 Å². The van der Waals surface area contributed by atoms with Gasteiger partial charge in [0.05, 0.1) is 11.8 Å². The Balaban J connectivity index is 2.59. The van der Waals surface area contributed by atoms with Crippen molar-refractivity contribution in [3.8, 4) is 0 Å². The quantitative estimate of drug-likeness (QED) is 0.590. The molecule has 0 fully saturated rings. The molecule has 1 aromatic heterocycles. The molecule has 1 heterocycles. The van der Waals surface area contributed by atoms with Gasteiger partial charge in [0.1, 0.15) is 6.54 Å². The number of rotatable bonds is 3. The van der Waals surface area contributed by atoms with Crippen molar-refractivity contribution in [3.05, 3.63) is 17.5 Å². The summed E-state index contributed by atoms with van der Waals surface area (Å²) in [6.45, 7) is 1.30. The number of aliphatic carboxylic acids is 1. The van der Waals surface area contributed by atoms with Crippen molar-refractivity contribution in [2.24, 2.45) is 0 Å². The van der Waals surface area contributed by atoms with E-state index in [1.807, 2.05) is 0 Å². The van der Waals surface area contributed by atoms with Crippen LogP contribution < -0.4 is 5.32 Å². The molecule has 13 heavy (non-hydrogen) atoms. The van der Waals surface area contributed by atoms with E-state index >= 15 is 0 Å². The third kappa shape index (κ3) is 2.29. The minimum Gasteiger partial charge on any atom is -0.480 e. The lowest BCUT2D eigenvalue weighted by Crippen LogP contribution is -2.29. The highest BCUT2D eigenvalue weighted by atomic mass is 16.4. The van der Waals surface area contributed by atoms with Crippen LogP contribution in [-0.4, -0.2) is 33.7 Å². The monoisotopic (exact) mass is 183 g/mol. The van der Waals surface area contributed by atoms with Crippen LogP contribution in [0.1, 0.15) is 16.1 Å². The molecular formula is C7H9N3O3. The van der Waals surface area contributed by atoms with Crippen molar-refractivity contribution < 1.29 is 14.7 Å². The summed E-state index contributed by atoms with van der Waals surface area (Å²) in [5.74, 6) is -1.51. The first kappa shape index (κ1) is 9.24. The second kappa shape index (κ2) is 3.70.